The molecule has 12 nitrogen and oxygen atoms in total. The highest BCUT2D eigenvalue weighted by Crippen LogP contribution is 2.29. The molecule has 4 N–H and O–H groups in total. The van der Waals surface area contributed by atoms with E-state index in [1.807, 2.05) is 20.8 Å². The Morgan fingerprint density at radius 2 is 1.89 bits per heavy atom. The Kier molecular flexibility index (Phi) is 11.5. The van der Waals surface area contributed by atoms with Gasteiger partial charge in [0.05, 0.1) is 24.3 Å². The number of carbonyl (C=O) groups is 5. The van der Waals surface area contributed by atoms with Gasteiger partial charge in [0.1, 0.15) is 6.10 Å². The monoisotopic (exact) mass is 535 g/mol. The van der Waals surface area contributed by atoms with Crippen molar-refractivity contribution in [3.63, 3.8) is 0 Å². The largest absolute Gasteiger partial charge is 0.494 e. The van der Waals surface area contributed by atoms with Crippen LogP contribution in [0.3, 0.4) is 0 Å². The van der Waals surface area contributed by atoms with Crippen LogP contribution in [0.2, 0.25) is 0 Å². The third kappa shape index (κ3) is 7.91. The average molecular weight is 536 g/mol. The fraction of sp³-hybridized carbons (Fsp3) is 0.577. The van der Waals surface area contributed by atoms with E-state index in [9.17, 15) is 24.0 Å². The van der Waals surface area contributed by atoms with Gasteiger partial charge >= 0.3 is 17.9 Å². The molecule has 1 aliphatic rings. The lowest BCUT2D eigenvalue weighted by molar-refractivity contribution is -0.176. The Morgan fingerprint density at radius 1 is 1.18 bits per heavy atom. The molecule has 1 aromatic rings. The van der Waals surface area contributed by atoms with Crippen molar-refractivity contribution in [1.82, 2.24) is 5.32 Å². The molecule has 2 rings (SSSR count). The maximum atomic E-state index is 13.2. The van der Waals surface area contributed by atoms with Crippen LogP contribution in [0.4, 0.5) is 5.69 Å². The number of benzene rings is 1. The van der Waals surface area contributed by atoms with E-state index in [0.29, 0.717) is 12.8 Å². The molecule has 0 saturated carbocycles. The summed E-state index contributed by atoms with van der Waals surface area (Å²) >= 11 is 0. The molecule has 1 aromatic carbocycles. The van der Waals surface area contributed by atoms with E-state index < -0.39 is 54.2 Å². The molecule has 38 heavy (non-hydrogen) atoms. The minimum Gasteiger partial charge on any atom is -0.494 e. The minimum absolute atomic E-state index is 0.00417. The predicted octanol–water partition coefficient (Wildman–Crippen LogP) is 1.90. The number of nitrogens with two attached hydrogens (primary N) is 1. The van der Waals surface area contributed by atoms with Crippen molar-refractivity contribution in [3.8, 4) is 5.75 Å². The highest BCUT2D eigenvalue weighted by Gasteiger charge is 2.44. The molecule has 0 aliphatic carbocycles. The number of nitrogens with one attached hydrogen (secondary N) is 2. The van der Waals surface area contributed by atoms with E-state index in [1.165, 1.54) is 32.2 Å². The SMILES string of the molecule is CCCCC1C(=O)OC(C)C(NC(=O)c2cccc(NC=O)c2OC)C(=O)O[C@@H](N)C1OC(=O)CC(C)C. The summed E-state index contributed by atoms with van der Waals surface area (Å²) in [6.45, 7) is 7.03. The van der Waals surface area contributed by atoms with Gasteiger partial charge < -0.3 is 29.6 Å². The normalized spacial score (nSPS) is 23.7. The minimum atomic E-state index is -1.48. The second-order valence-corrected chi connectivity index (χ2v) is 9.44. The van der Waals surface area contributed by atoms with Crippen LogP contribution in [0.15, 0.2) is 18.2 Å². The van der Waals surface area contributed by atoms with Crippen molar-refractivity contribution in [2.75, 3.05) is 12.4 Å². The van der Waals surface area contributed by atoms with Crippen molar-refractivity contribution in [2.45, 2.75) is 77.9 Å². The van der Waals surface area contributed by atoms with Crippen LogP contribution >= 0.6 is 0 Å². The molecule has 0 radical (unpaired) electrons. The molecular weight excluding hydrogens is 498 g/mol. The third-order valence-corrected chi connectivity index (χ3v) is 5.98. The third-order valence-electron chi connectivity index (χ3n) is 5.98. The number of unbranched alkanes of at least 4 members (excludes halogenated alkanes) is 1. The first-order valence-electron chi connectivity index (χ1n) is 12.6. The summed E-state index contributed by atoms with van der Waals surface area (Å²) in [6.07, 6.45) is -1.73. The van der Waals surface area contributed by atoms with Crippen LogP contribution in [-0.2, 0) is 33.4 Å². The van der Waals surface area contributed by atoms with Crippen LogP contribution in [-0.4, -0.2) is 61.8 Å². The van der Waals surface area contributed by atoms with Crippen LogP contribution in [0.25, 0.3) is 0 Å². The first-order valence-corrected chi connectivity index (χ1v) is 12.6. The van der Waals surface area contributed by atoms with Crippen molar-refractivity contribution >= 4 is 35.9 Å². The van der Waals surface area contributed by atoms with Crippen LogP contribution < -0.4 is 21.1 Å². The highest BCUT2D eigenvalue weighted by molar-refractivity contribution is 6.01. The van der Waals surface area contributed by atoms with Gasteiger partial charge in [0.2, 0.25) is 6.41 Å². The Hall–Kier alpha value is -3.67. The Morgan fingerprint density at radius 3 is 2.50 bits per heavy atom. The maximum Gasteiger partial charge on any atom is 0.334 e. The predicted molar refractivity (Wildman–Crippen MR) is 136 cm³/mol. The fourth-order valence-electron chi connectivity index (χ4n) is 4.06. The van der Waals surface area contributed by atoms with Gasteiger partial charge in [-0.3, -0.25) is 24.9 Å². The molecule has 0 spiro atoms. The summed E-state index contributed by atoms with van der Waals surface area (Å²) in [5.74, 6) is -3.96. The first kappa shape index (κ1) is 30.6. The summed E-state index contributed by atoms with van der Waals surface area (Å²) in [5, 5.41) is 4.94. The number of hydrogen-bond donors (Lipinski definition) is 3. The Balaban J connectivity index is 2.37. The molecule has 0 bridgehead atoms. The summed E-state index contributed by atoms with van der Waals surface area (Å²) in [6, 6.07) is 3.02. The lowest BCUT2D eigenvalue weighted by atomic mass is 9.94. The summed E-state index contributed by atoms with van der Waals surface area (Å²) in [5.41, 5.74) is 6.40. The van der Waals surface area contributed by atoms with E-state index in [2.05, 4.69) is 10.6 Å². The van der Waals surface area contributed by atoms with E-state index in [0.717, 1.165) is 6.42 Å². The number of cyclic esters (lactones) is 2. The average Bonchev–Trinajstić information content (AvgIpc) is 2.87. The van der Waals surface area contributed by atoms with E-state index in [1.54, 1.807) is 0 Å². The van der Waals surface area contributed by atoms with Gasteiger partial charge in [-0.25, -0.2) is 4.79 Å². The second kappa shape index (κ2) is 14.3. The van der Waals surface area contributed by atoms with Gasteiger partial charge in [-0.2, -0.15) is 0 Å². The lowest BCUT2D eigenvalue weighted by Gasteiger charge is -2.29. The number of amides is 2. The first-order chi connectivity index (χ1) is 18.0. The molecule has 1 saturated heterocycles. The molecule has 1 fully saturated rings. The number of anilines is 1. The van der Waals surface area contributed by atoms with Gasteiger partial charge in [-0.15, -0.1) is 0 Å². The van der Waals surface area contributed by atoms with Crippen LogP contribution in [0, 0.1) is 11.8 Å². The van der Waals surface area contributed by atoms with Gasteiger partial charge in [-0.1, -0.05) is 39.7 Å². The van der Waals surface area contributed by atoms with Gasteiger partial charge in [0.25, 0.3) is 5.91 Å². The summed E-state index contributed by atoms with van der Waals surface area (Å²) in [4.78, 5) is 62.9. The van der Waals surface area contributed by atoms with Crippen LogP contribution in [0.5, 0.6) is 5.75 Å². The summed E-state index contributed by atoms with van der Waals surface area (Å²) in [7, 11) is 1.32. The molecule has 12 heteroatoms. The quantitative estimate of drug-likeness (QED) is 0.216. The highest BCUT2D eigenvalue weighted by atomic mass is 16.6. The van der Waals surface area contributed by atoms with Crippen molar-refractivity contribution in [1.29, 1.82) is 0 Å². The van der Waals surface area contributed by atoms with E-state index in [-0.39, 0.29) is 35.8 Å². The van der Waals surface area contributed by atoms with Crippen molar-refractivity contribution in [2.24, 2.45) is 17.6 Å². The fourth-order valence-corrected chi connectivity index (χ4v) is 4.06. The lowest BCUT2D eigenvalue weighted by Crippen LogP contribution is -2.52. The second-order valence-electron chi connectivity index (χ2n) is 9.44. The van der Waals surface area contributed by atoms with Gasteiger partial charge in [0, 0.05) is 6.42 Å². The van der Waals surface area contributed by atoms with Gasteiger partial charge in [-0.05, 0) is 31.4 Å². The number of methoxy groups -OCH3 is 1. The molecule has 4 unspecified atom stereocenters. The molecule has 1 heterocycles. The number of para-hydroxylation sites is 1. The van der Waals surface area contributed by atoms with Crippen LogP contribution in [0.1, 0.15) is 63.7 Å². The van der Waals surface area contributed by atoms with Crippen molar-refractivity contribution < 1.29 is 42.9 Å². The number of ether oxygens (including phenoxy) is 4. The Bertz CT molecular complexity index is 1010. The van der Waals surface area contributed by atoms with Crippen molar-refractivity contribution in [3.05, 3.63) is 23.8 Å². The Labute approximate surface area is 221 Å². The number of rotatable bonds is 11. The molecule has 5 atom stereocenters. The standard InChI is InChI=1S/C26H37N3O9/c1-6-7-9-17-22(37-19(31)12-14(2)3)23(27)38-26(34)20(15(4)36-25(17)33)29-24(32)16-10-8-11-18(28-13-30)21(16)35-5/h8,10-11,13-15,17,20,22-23H,6-7,9,12,27H2,1-5H3,(H,28,30)(H,29,32)/t15?,17?,20?,22?,23-/m1/s1. The van der Waals surface area contributed by atoms with Gasteiger partial charge in [0.15, 0.2) is 24.1 Å². The number of hydrogen-bond acceptors (Lipinski definition) is 10. The zero-order valence-electron chi connectivity index (χ0n) is 22.4. The van der Waals surface area contributed by atoms with E-state index >= 15 is 0 Å². The zero-order chi connectivity index (χ0) is 28.4. The maximum absolute atomic E-state index is 13.2. The molecular formula is C26H37N3O9. The zero-order valence-corrected chi connectivity index (χ0v) is 22.4. The molecule has 2 amide bonds. The number of esters is 3. The number of carbonyl (C=O) groups excluding carboxylic acids is 5. The smallest absolute Gasteiger partial charge is 0.334 e. The topological polar surface area (TPSA) is 172 Å². The molecule has 0 aromatic heterocycles. The molecule has 210 valence electrons. The van der Waals surface area contributed by atoms with E-state index in [4.69, 9.17) is 24.7 Å². The molecule has 1 aliphatic heterocycles. The summed E-state index contributed by atoms with van der Waals surface area (Å²) < 4.78 is 21.8.